The Bertz CT molecular complexity index is 307. The number of hydrogen-bond acceptors (Lipinski definition) is 4. The maximum atomic E-state index is 5.79. The Balaban J connectivity index is 2.05. The van der Waals surface area contributed by atoms with Crippen LogP contribution in [0.15, 0.2) is 10.6 Å². The van der Waals surface area contributed by atoms with Gasteiger partial charge in [-0.05, 0) is 38.3 Å². The van der Waals surface area contributed by atoms with Crippen LogP contribution in [-0.2, 0) is 0 Å². The van der Waals surface area contributed by atoms with Crippen LogP contribution in [0.1, 0.15) is 43.4 Å². The van der Waals surface area contributed by atoms with E-state index in [1.54, 1.807) is 0 Å². The van der Waals surface area contributed by atoms with Gasteiger partial charge in [0.15, 0.2) is 5.89 Å². The van der Waals surface area contributed by atoms with E-state index in [1.165, 1.54) is 24.3 Å². The molecule has 15 heavy (non-hydrogen) atoms. The molecule has 1 saturated heterocycles. The van der Waals surface area contributed by atoms with Crippen LogP contribution < -0.4 is 5.32 Å². The highest BCUT2D eigenvalue weighted by molar-refractivity contribution is 7.99. The summed E-state index contributed by atoms with van der Waals surface area (Å²) in [5, 5.41) is 3.16. The van der Waals surface area contributed by atoms with Gasteiger partial charge in [-0.3, -0.25) is 0 Å². The second-order valence-electron chi connectivity index (χ2n) is 4.00. The molecule has 0 radical (unpaired) electrons. The van der Waals surface area contributed by atoms with Crippen LogP contribution in [0.2, 0.25) is 0 Å². The van der Waals surface area contributed by atoms with E-state index in [4.69, 9.17) is 4.42 Å². The first-order valence-electron chi connectivity index (χ1n) is 5.52. The molecule has 1 aliphatic heterocycles. The summed E-state index contributed by atoms with van der Waals surface area (Å²) in [4.78, 5) is 4.39. The summed E-state index contributed by atoms with van der Waals surface area (Å²) in [6, 6.07) is 0.254. The van der Waals surface area contributed by atoms with Gasteiger partial charge in [-0.25, -0.2) is 4.98 Å². The third kappa shape index (κ3) is 2.55. The molecular weight excluding hydrogens is 208 g/mol. The van der Waals surface area contributed by atoms with E-state index in [2.05, 4.69) is 17.2 Å². The Morgan fingerprint density at radius 3 is 2.93 bits per heavy atom. The second-order valence-corrected chi connectivity index (χ2v) is 5.22. The van der Waals surface area contributed by atoms with Crippen LogP contribution in [-0.4, -0.2) is 23.5 Å². The molecule has 1 aliphatic rings. The van der Waals surface area contributed by atoms with Crippen LogP contribution in [0, 0.1) is 0 Å². The molecular formula is C11H18N2OS. The van der Waals surface area contributed by atoms with Crippen LogP contribution in [0.3, 0.4) is 0 Å². The second kappa shape index (κ2) is 5.03. The molecule has 1 N–H and O–H groups in total. The molecule has 84 valence electrons. The summed E-state index contributed by atoms with van der Waals surface area (Å²) in [6.45, 7) is 2.08. The van der Waals surface area contributed by atoms with Crippen molar-refractivity contribution in [1.29, 1.82) is 0 Å². The van der Waals surface area contributed by atoms with Crippen LogP contribution in [0.4, 0.5) is 0 Å². The van der Waals surface area contributed by atoms with Gasteiger partial charge in [-0.2, -0.15) is 11.8 Å². The van der Waals surface area contributed by atoms with Crippen molar-refractivity contribution in [3.63, 3.8) is 0 Å². The highest BCUT2D eigenvalue weighted by Crippen LogP contribution is 2.31. The van der Waals surface area contributed by atoms with Gasteiger partial charge in [0.1, 0.15) is 5.76 Å². The zero-order valence-electron chi connectivity index (χ0n) is 9.32. The standard InChI is InChI=1S/C11H18N2OS/c1-8(12-2)10-7-13-11(14-10)9-3-5-15-6-4-9/h7-9,12H,3-6H2,1-2H3. The summed E-state index contributed by atoms with van der Waals surface area (Å²) in [6.07, 6.45) is 4.27. The van der Waals surface area contributed by atoms with Gasteiger partial charge in [0.25, 0.3) is 0 Å². The molecule has 0 saturated carbocycles. The van der Waals surface area contributed by atoms with Crippen molar-refractivity contribution < 1.29 is 4.42 Å². The zero-order valence-corrected chi connectivity index (χ0v) is 10.1. The van der Waals surface area contributed by atoms with Crippen molar-refractivity contribution in [2.45, 2.75) is 31.7 Å². The predicted molar refractivity (Wildman–Crippen MR) is 63.3 cm³/mol. The molecule has 1 fully saturated rings. The lowest BCUT2D eigenvalue weighted by molar-refractivity contribution is 0.380. The highest BCUT2D eigenvalue weighted by atomic mass is 32.2. The normalized spacial score (nSPS) is 20.4. The zero-order chi connectivity index (χ0) is 10.7. The van der Waals surface area contributed by atoms with E-state index in [9.17, 15) is 0 Å². The number of aromatic nitrogens is 1. The molecule has 1 aromatic heterocycles. The lowest BCUT2D eigenvalue weighted by atomic mass is 10.0. The minimum atomic E-state index is 0.254. The maximum absolute atomic E-state index is 5.79. The number of nitrogens with zero attached hydrogens (tertiary/aromatic N) is 1. The minimum absolute atomic E-state index is 0.254. The Morgan fingerprint density at radius 1 is 1.53 bits per heavy atom. The van der Waals surface area contributed by atoms with Gasteiger partial charge in [-0.15, -0.1) is 0 Å². The summed E-state index contributed by atoms with van der Waals surface area (Å²) >= 11 is 2.03. The SMILES string of the molecule is CNC(C)c1cnc(C2CCSCC2)o1. The molecule has 0 aromatic carbocycles. The predicted octanol–water partition coefficient (Wildman–Crippen LogP) is 2.57. The molecule has 0 bridgehead atoms. The fraction of sp³-hybridized carbons (Fsp3) is 0.727. The summed E-state index contributed by atoms with van der Waals surface area (Å²) in [5.41, 5.74) is 0. The maximum Gasteiger partial charge on any atom is 0.197 e. The topological polar surface area (TPSA) is 38.1 Å². The van der Waals surface area contributed by atoms with E-state index in [0.717, 1.165) is 11.7 Å². The van der Waals surface area contributed by atoms with Gasteiger partial charge in [0.2, 0.25) is 0 Å². The fourth-order valence-corrected chi connectivity index (χ4v) is 2.88. The Morgan fingerprint density at radius 2 is 2.27 bits per heavy atom. The average molecular weight is 226 g/mol. The van der Waals surface area contributed by atoms with Crippen molar-refractivity contribution in [3.8, 4) is 0 Å². The summed E-state index contributed by atoms with van der Waals surface area (Å²) in [5.74, 6) is 4.91. The van der Waals surface area contributed by atoms with Crippen molar-refractivity contribution in [2.24, 2.45) is 0 Å². The van der Waals surface area contributed by atoms with Crippen LogP contribution in [0.5, 0.6) is 0 Å². The summed E-state index contributed by atoms with van der Waals surface area (Å²) in [7, 11) is 1.93. The number of nitrogens with one attached hydrogen (secondary N) is 1. The number of thioether (sulfide) groups is 1. The Kier molecular flexibility index (Phi) is 3.70. The molecule has 1 atom stereocenters. The molecule has 2 heterocycles. The molecule has 0 amide bonds. The minimum Gasteiger partial charge on any atom is -0.444 e. The first kappa shape index (κ1) is 11.0. The van der Waals surface area contributed by atoms with Gasteiger partial charge in [0, 0.05) is 5.92 Å². The van der Waals surface area contributed by atoms with Crippen molar-refractivity contribution in [1.82, 2.24) is 10.3 Å². The molecule has 4 heteroatoms. The van der Waals surface area contributed by atoms with E-state index >= 15 is 0 Å². The Hall–Kier alpha value is -0.480. The van der Waals surface area contributed by atoms with Gasteiger partial charge >= 0.3 is 0 Å². The number of hydrogen-bond donors (Lipinski definition) is 1. The van der Waals surface area contributed by atoms with E-state index < -0.39 is 0 Å². The summed E-state index contributed by atoms with van der Waals surface area (Å²) < 4.78 is 5.79. The van der Waals surface area contributed by atoms with Gasteiger partial charge < -0.3 is 9.73 Å². The quantitative estimate of drug-likeness (QED) is 0.859. The van der Waals surface area contributed by atoms with Crippen molar-refractivity contribution in [2.75, 3.05) is 18.6 Å². The first-order valence-corrected chi connectivity index (χ1v) is 6.67. The lowest BCUT2D eigenvalue weighted by Gasteiger charge is -2.17. The van der Waals surface area contributed by atoms with Crippen molar-refractivity contribution >= 4 is 11.8 Å². The van der Waals surface area contributed by atoms with E-state index in [1.807, 2.05) is 25.0 Å². The number of rotatable bonds is 3. The molecule has 1 aromatic rings. The van der Waals surface area contributed by atoms with Crippen LogP contribution >= 0.6 is 11.8 Å². The Labute approximate surface area is 95.0 Å². The average Bonchev–Trinajstić information content (AvgIpc) is 2.78. The van der Waals surface area contributed by atoms with Crippen LogP contribution in [0.25, 0.3) is 0 Å². The van der Waals surface area contributed by atoms with Gasteiger partial charge in [0.05, 0.1) is 12.2 Å². The largest absolute Gasteiger partial charge is 0.444 e. The third-order valence-electron chi connectivity index (χ3n) is 2.97. The highest BCUT2D eigenvalue weighted by Gasteiger charge is 2.21. The molecule has 0 spiro atoms. The fourth-order valence-electron chi connectivity index (χ4n) is 1.78. The molecule has 0 aliphatic carbocycles. The first-order chi connectivity index (χ1) is 7.31. The van der Waals surface area contributed by atoms with Crippen molar-refractivity contribution in [3.05, 3.63) is 17.8 Å². The smallest absolute Gasteiger partial charge is 0.197 e. The number of oxazole rings is 1. The molecule has 1 unspecified atom stereocenters. The van der Waals surface area contributed by atoms with Gasteiger partial charge in [-0.1, -0.05) is 0 Å². The lowest BCUT2D eigenvalue weighted by Crippen LogP contribution is -2.11. The molecule has 2 rings (SSSR count). The van der Waals surface area contributed by atoms with E-state index in [0.29, 0.717) is 5.92 Å². The molecule has 3 nitrogen and oxygen atoms in total. The monoisotopic (exact) mass is 226 g/mol. The third-order valence-corrected chi connectivity index (χ3v) is 4.02. The van der Waals surface area contributed by atoms with E-state index in [-0.39, 0.29) is 6.04 Å².